The third kappa shape index (κ3) is 5.06. The van der Waals surface area contributed by atoms with Crippen LogP contribution in [0.5, 0.6) is 0 Å². The van der Waals surface area contributed by atoms with Gasteiger partial charge in [-0.05, 0) is 118 Å². The van der Waals surface area contributed by atoms with E-state index in [0.717, 1.165) is 57.4 Å². The fourth-order valence-corrected chi connectivity index (χ4v) is 4.74. The van der Waals surface area contributed by atoms with Crippen molar-refractivity contribution in [1.82, 2.24) is 5.32 Å². The van der Waals surface area contributed by atoms with Gasteiger partial charge in [0.1, 0.15) is 5.82 Å². The molecule has 3 rings (SSSR count). The van der Waals surface area contributed by atoms with Crippen LogP contribution in [0.15, 0.2) is 23.8 Å². The molecule has 3 nitrogen and oxygen atoms in total. The van der Waals surface area contributed by atoms with E-state index in [-0.39, 0.29) is 17.8 Å². The summed E-state index contributed by atoms with van der Waals surface area (Å²) >= 11 is 0. The van der Waals surface area contributed by atoms with Crippen LogP contribution < -0.4 is 10.6 Å². The van der Waals surface area contributed by atoms with Gasteiger partial charge in [-0.2, -0.15) is 0 Å². The summed E-state index contributed by atoms with van der Waals surface area (Å²) in [5, 5.41) is 6.32. The number of hydrogen-bond donors (Lipinski definition) is 2. The second-order valence-electron chi connectivity index (χ2n) is 9.56. The smallest absolute Gasteiger partial charge is 0.247 e. The molecule has 1 fully saturated rings. The number of carbonyl (C=O) groups excluding carboxylic acids is 1. The second-order valence-corrected chi connectivity index (χ2v) is 9.56. The maximum Gasteiger partial charge on any atom is 0.247 e. The number of anilines is 1. The van der Waals surface area contributed by atoms with Crippen molar-refractivity contribution >= 4 is 17.7 Å². The van der Waals surface area contributed by atoms with E-state index in [2.05, 4.69) is 38.3 Å². The topological polar surface area (TPSA) is 41.1 Å². The second kappa shape index (κ2) is 9.89. The average Bonchev–Trinajstić information content (AvgIpc) is 3.24. The van der Waals surface area contributed by atoms with Gasteiger partial charge in [-0.15, -0.1) is 0 Å². The number of halogens is 1. The SMILES string of the molecule is C/C(=C\c1c(C)c(C)c(-c2ccc(NC(C)C)c(F)c2)c(C)c1C)C(=O)NC1CCCC1. The predicted octanol–water partition coefficient (Wildman–Crippen LogP) is 7.01. The normalized spacial score (nSPS) is 14.8. The Labute approximate surface area is 192 Å². The lowest BCUT2D eigenvalue weighted by Crippen LogP contribution is -2.33. The summed E-state index contributed by atoms with van der Waals surface area (Å²) in [6.45, 7) is 14.2. The van der Waals surface area contributed by atoms with E-state index < -0.39 is 0 Å². The van der Waals surface area contributed by atoms with Crippen LogP contribution in [-0.4, -0.2) is 18.0 Å². The van der Waals surface area contributed by atoms with Gasteiger partial charge in [0.2, 0.25) is 5.91 Å². The Balaban J connectivity index is 1.97. The van der Waals surface area contributed by atoms with Gasteiger partial charge < -0.3 is 10.6 Å². The van der Waals surface area contributed by atoms with E-state index in [1.54, 1.807) is 6.07 Å². The summed E-state index contributed by atoms with van der Waals surface area (Å²) < 4.78 is 14.8. The molecule has 2 N–H and O–H groups in total. The largest absolute Gasteiger partial charge is 0.381 e. The molecule has 1 aliphatic rings. The minimum absolute atomic E-state index is 0.0189. The molecule has 0 bridgehead atoms. The fourth-order valence-electron chi connectivity index (χ4n) is 4.74. The molecule has 172 valence electrons. The molecule has 1 saturated carbocycles. The monoisotopic (exact) mass is 436 g/mol. The molecule has 0 unspecified atom stereocenters. The molecular weight excluding hydrogens is 399 g/mol. The summed E-state index contributed by atoms with van der Waals surface area (Å²) in [5.74, 6) is -0.223. The maximum absolute atomic E-state index is 14.8. The summed E-state index contributed by atoms with van der Waals surface area (Å²) in [4.78, 5) is 12.7. The number of carbonyl (C=O) groups is 1. The summed E-state index contributed by atoms with van der Waals surface area (Å²) in [7, 11) is 0. The number of benzene rings is 2. The van der Waals surface area contributed by atoms with E-state index >= 15 is 0 Å². The van der Waals surface area contributed by atoms with Gasteiger partial charge >= 0.3 is 0 Å². The highest BCUT2D eigenvalue weighted by atomic mass is 19.1. The van der Waals surface area contributed by atoms with Gasteiger partial charge in [-0.3, -0.25) is 4.79 Å². The van der Waals surface area contributed by atoms with E-state index in [1.165, 1.54) is 12.8 Å². The van der Waals surface area contributed by atoms with Crippen molar-refractivity contribution in [3.8, 4) is 11.1 Å². The van der Waals surface area contributed by atoms with Gasteiger partial charge in [0.25, 0.3) is 0 Å². The minimum Gasteiger partial charge on any atom is -0.381 e. The zero-order valence-electron chi connectivity index (χ0n) is 20.6. The van der Waals surface area contributed by atoms with Crippen LogP contribution in [0.2, 0.25) is 0 Å². The molecular formula is C28H37FN2O. The minimum atomic E-state index is -0.242. The third-order valence-corrected chi connectivity index (χ3v) is 6.79. The first-order valence-electron chi connectivity index (χ1n) is 11.8. The average molecular weight is 437 g/mol. The van der Waals surface area contributed by atoms with Crippen LogP contribution in [0.4, 0.5) is 10.1 Å². The molecule has 0 radical (unpaired) electrons. The molecule has 1 aliphatic carbocycles. The Hall–Kier alpha value is -2.62. The zero-order chi connectivity index (χ0) is 23.6. The quantitative estimate of drug-likeness (QED) is 0.478. The van der Waals surface area contributed by atoms with Crippen molar-refractivity contribution in [2.24, 2.45) is 0 Å². The molecule has 0 spiro atoms. The van der Waals surface area contributed by atoms with Gasteiger partial charge in [0.05, 0.1) is 5.69 Å². The lowest BCUT2D eigenvalue weighted by atomic mass is 9.85. The fraction of sp³-hybridized carbons (Fsp3) is 0.464. The summed E-state index contributed by atoms with van der Waals surface area (Å²) in [6, 6.07) is 5.90. The van der Waals surface area contributed by atoms with Crippen LogP contribution in [-0.2, 0) is 4.79 Å². The highest BCUT2D eigenvalue weighted by Gasteiger charge is 2.20. The molecule has 0 aromatic heterocycles. The van der Waals surface area contributed by atoms with Crippen LogP contribution in [0, 0.1) is 33.5 Å². The first-order chi connectivity index (χ1) is 15.1. The standard InChI is InChI=1S/C28H37FN2O/c1-16(2)30-26-13-12-22(15-25(26)29)27-20(6)18(4)24(19(5)21(27)7)14-17(3)28(32)31-23-10-8-9-11-23/h12-16,23,30H,8-11H2,1-7H3,(H,31,32)/b17-14+. The Morgan fingerprint density at radius 1 is 1.03 bits per heavy atom. The Morgan fingerprint density at radius 2 is 1.62 bits per heavy atom. The van der Waals surface area contributed by atoms with Crippen LogP contribution in [0.3, 0.4) is 0 Å². The first kappa shape index (κ1) is 24.0. The van der Waals surface area contributed by atoms with E-state index in [9.17, 15) is 9.18 Å². The van der Waals surface area contributed by atoms with Crippen molar-refractivity contribution in [3.05, 3.63) is 57.4 Å². The van der Waals surface area contributed by atoms with Gasteiger partial charge in [-0.1, -0.05) is 18.9 Å². The lowest BCUT2D eigenvalue weighted by Gasteiger charge is -2.21. The zero-order valence-corrected chi connectivity index (χ0v) is 20.6. The van der Waals surface area contributed by atoms with E-state index in [1.807, 2.05) is 39.0 Å². The van der Waals surface area contributed by atoms with Crippen molar-refractivity contribution in [1.29, 1.82) is 0 Å². The molecule has 32 heavy (non-hydrogen) atoms. The lowest BCUT2D eigenvalue weighted by molar-refractivity contribution is -0.118. The van der Waals surface area contributed by atoms with Gasteiger partial charge in [-0.25, -0.2) is 4.39 Å². The highest BCUT2D eigenvalue weighted by Crippen LogP contribution is 2.36. The molecule has 2 aromatic carbocycles. The maximum atomic E-state index is 14.8. The number of rotatable bonds is 6. The third-order valence-electron chi connectivity index (χ3n) is 6.79. The number of amides is 1. The van der Waals surface area contributed by atoms with Gasteiger partial charge in [0, 0.05) is 17.7 Å². The van der Waals surface area contributed by atoms with Gasteiger partial charge in [0.15, 0.2) is 0 Å². The number of nitrogens with one attached hydrogen (secondary N) is 2. The molecule has 0 atom stereocenters. The molecule has 1 amide bonds. The van der Waals surface area contributed by atoms with Crippen molar-refractivity contribution in [2.45, 2.75) is 86.2 Å². The Bertz CT molecular complexity index is 1020. The van der Waals surface area contributed by atoms with Crippen LogP contribution in [0.1, 0.15) is 74.3 Å². The molecule has 2 aromatic rings. The van der Waals surface area contributed by atoms with E-state index in [4.69, 9.17) is 0 Å². The molecule has 0 heterocycles. The van der Waals surface area contributed by atoms with Crippen LogP contribution >= 0.6 is 0 Å². The number of hydrogen-bond acceptors (Lipinski definition) is 2. The molecule has 4 heteroatoms. The van der Waals surface area contributed by atoms with Crippen molar-refractivity contribution in [2.75, 3.05) is 5.32 Å². The Morgan fingerprint density at radius 3 is 2.16 bits per heavy atom. The summed E-state index contributed by atoms with van der Waals surface area (Å²) in [6.07, 6.45) is 6.55. The van der Waals surface area contributed by atoms with Crippen LogP contribution in [0.25, 0.3) is 17.2 Å². The van der Waals surface area contributed by atoms with Crippen molar-refractivity contribution < 1.29 is 9.18 Å². The highest BCUT2D eigenvalue weighted by molar-refractivity contribution is 5.98. The van der Waals surface area contributed by atoms with Crippen molar-refractivity contribution in [3.63, 3.8) is 0 Å². The first-order valence-corrected chi connectivity index (χ1v) is 11.8. The van der Waals surface area contributed by atoms with E-state index in [0.29, 0.717) is 11.7 Å². The molecule has 0 saturated heterocycles. The summed E-state index contributed by atoms with van der Waals surface area (Å²) in [5.41, 5.74) is 8.77. The molecule has 0 aliphatic heterocycles. The predicted molar refractivity (Wildman–Crippen MR) is 134 cm³/mol. The Kier molecular flexibility index (Phi) is 7.43.